The van der Waals surface area contributed by atoms with Gasteiger partial charge in [-0.05, 0) is 37.3 Å². The van der Waals surface area contributed by atoms with E-state index in [1.807, 2.05) is 12.1 Å². The lowest BCUT2D eigenvalue weighted by atomic mass is 10.2. The molecule has 0 spiro atoms. The maximum atomic E-state index is 12.1. The van der Waals surface area contributed by atoms with Gasteiger partial charge in [0.05, 0.1) is 6.54 Å². The van der Waals surface area contributed by atoms with Crippen molar-refractivity contribution in [3.63, 3.8) is 0 Å². The summed E-state index contributed by atoms with van der Waals surface area (Å²) >= 11 is 1.73. The van der Waals surface area contributed by atoms with Crippen molar-refractivity contribution in [2.45, 2.75) is 37.5 Å². The number of benzene rings is 1. The third-order valence-electron chi connectivity index (χ3n) is 3.11. The number of carboxylic acid groups (broad SMARTS) is 1. The van der Waals surface area contributed by atoms with Crippen molar-refractivity contribution in [2.24, 2.45) is 0 Å². The lowest BCUT2D eigenvalue weighted by molar-refractivity contribution is 0.0694. The minimum absolute atomic E-state index is 0.115. The first-order valence-electron chi connectivity index (χ1n) is 7.24. The molecule has 0 atom stereocenters. The van der Waals surface area contributed by atoms with Crippen molar-refractivity contribution in [3.8, 4) is 0 Å². The Morgan fingerprint density at radius 1 is 1.26 bits per heavy atom. The van der Waals surface area contributed by atoms with Gasteiger partial charge in [0.1, 0.15) is 17.1 Å². The van der Waals surface area contributed by atoms with Crippen LogP contribution in [-0.2, 0) is 6.54 Å². The van der Waals surface area contributed by atoms with Gasteiger partial charge in [0.15, 0.2) is 0 Å². The lowest BCUT2D eigenvalue weighted by Gasteiger charge is -2.06. The van der Waals surface area contributed by atoms with Gasteiger partial charge in [-0.15, -0.1) is 11.8 Å². The highest BCUT2D eigenvalue weighted by Crippen LogP contribution is 2.23. The van der Waals surface area contributed by atoms with Crippen molar-refractivity contribution >= 4 is 23.6 Å². The topological polar surface area (TPSA) is 79.5 Å². The summed E-state index contributed by atoms with van der Waals surface area (Å²) in [7, 11) is 0. The number of carbonyl (C=O) groups is 2. The monoisotopic (exact) mass is 333 g/mol. The number of aryl methyl sites for hydroxylation is 1. The number of nitrogens with one attached hydrogen (secondary N) is 1. The van der Waals surface area contributed by atoms with Gasteiger partial charge in [0.2, 0.25) is 0 Å². The Labute approximate surface area is 139 Å². The fraction of sp³-hybridized carbons (Fsp3) is 0.294. The summed E-state index contributed by atoms with van der Waals surface area (Å²) in [6.07, 6.45) is 0. The van der Waals surface area contributed by atoms with Crippen molar-refractivity contribution in [1.82, 2.24) is 5.32 Å². The molecule has 0 aliphatic carbocycles. The van der Waals surface area contributed by atoms with E-state index in [9.17, 15) is 9.59 Å². The number of thioether (sulfide) groups is 1. The van der Waals surface area contributed by atoms with Crippen molar-refractivity contribution in [3.05, 3.63) is 53.0 Å². The predicted molar refractivity (Wildman–Crippen MR) is 89.0 cm³/mol. The number of carboxylic acids is 1. The molecule has 0 saturated heterocycles. The van der Waals surface area contributed by atoms with Crippen molar-refractivity contribution < 1.29 is 19.1 Å². The third kappa shape index (κ3) is 4.63. The van der Waals surface area contributed by atoms with Gasteiger partial charge in [-0.3, -0.25) is 4.79 Å². The molecule has 2 rings (SSSR count). The van der Waals surface area contributed by atoms with Crippen LogP contribution in [0.25, 0.3) is 0 Å². The summed E-state index contributed by atoms with van der Waals surface area (Å²) in [5.41, 5.74) is 0.671. The SMILES string of the molecule is Cc1oc(CNC(=O)c2ccc(SC(C)C)cc2)cc1C(=O)O. The Balaban J connectivity index is 1.96. The van der Waals surface area contributed by atoms with Crippen molar-refractivity contribution in [2.75, 3.05) is 0 Å². The summed E-state index contributed by atoms with van der Waals surface area (Å²) in [5.74, 6) is -0.517. The van der Waals surface area contributed by atoms with E-state index in [2.05, 4.69) is 19.2 Å². The Hall–Kier alpha value is -2.21. The number of aromatic carboxylic acids is 1. The smallest absolute Gasteiger partial charge is 0.339 e. The summed E-state index contributed by atoms with van der Waals surface area (Å²) in [6.45, 7) is 5.96. The highest BCUT2D eigenvalue weighted by Gasteiger charge is 2.14. The average Bonchev–Trinajstić information content (AvgIpc) is 2.86. The Morgan fingerprint density at radius 3 is 2.43 bits per heavy atom. The molecule has 0 fully saturated rings. The molecule has 1 aromatic heterocycles. The number of hydrogen-bond donors (Lipinski definition) is 2. The van der Waals surface area contributed by atoms with Crippen molar-refractivity contribution in [1.29, 1.82) is 0 Å². The maximum Gasteiger partial charge on any atom is 0.339 e. The Morgan fingerprint density at radius 2 is 1.91 bits per heavy atom. The molecule has 1 heterocycles. The molecule has 0 saturated carbocycles. The Bertz CT molecular complexity index is 704. The van der Waals surface area contributed by atoms with Gasteiger partial charge in [0.25, 0.3) is 5.91 Å². The van der Waals surface area contributed by atoms with Gasteiger partial charge in [-0.2, -0.15) is 0 Å². The van der Waals surface area contributed by atoms with E-state index in [-0.39, 0.29) is 18.0 Å². The summed E-state index contributed by atoms with van der Waals surface area (Å²) in [4.78, 5) is 24.2. The Kier molecular flexibility index (Phi) is 5.50. The summed E-state index contributed by atoms with van der Waals surface area (Å²) in [6, 6.07) is 8.81. The fourth-order valence-corrected chi connectivity index (χ4v) is 2.91. The first-order valence-corrected chi connectivity index (χ1v) is 8.12. The molecular formula is C17H19NO4S. The molecule has 2 N–H and O–H groups in total. The third-order valence-corrected chi connectivity index (χ3v) is 4.13. The quantitative estimate of drug-likeness (QED) is 0.788. The van der Waals surface area contributed by atoms with Crippen LogP contribution in [0.15, 0.2) is 39.6 Å². The highest BCUT2D eigenvalue weighted by molar-refractivity contribution is 7.99. The second kappa shape index (κ2) is 7.37. The zero-order valence-electron chi connectivity index (χ0n) is 13.3. The van der Waals surface area contributed by atoms with Gasteiger partial charge in [0, 0.05) is 15.7 Å². The molecule has 1 aromatic carbocycles. The van der Waals surface area contributed by atoms with Crippen LogP contribution < -0.4 is 5.32 Å². The van der Waals surface area contributed by atoms with E-state index in [4.69, 9.17) is 9.52 Å². The summed E-state index contributed by atoms with van der Waals surface area (Å²) < 4.78 is 5.33. The standard InChI is InChI=1S/C17H19NO4S/c1-10(2)23-14-6-4-12(5-7-14)16(19)18-9-13-8-15(17(20)21)11(3)22-13/h4-8,10H,9H2,1-3H3,(H,18,19)(H,20,21). The second-order valence-corrected chi connectivity index (χ2v) is 7.01. The normalized spacial score (nSPS) is 10.8. The van der Waals surface area contributed by atoms with Crippen LogP contribution in [0.2, 0.25) is 0 Å². The molecule has 122 valence electrons. The van der Waals surface area contributed by atoms with E-state index < -0.39 is 5.97 Å². The molecule has 6 heteroatoms. The second-order valence-electron chi connectivity index (χ2n) is 5.36. The molecule has 1 amide bonds. The molecular weight excluding hydrogens is 314 g/mol. The first kappa shape index (κ1) is 17.1. The van der Waals surface area contributed by atoms with E-state index >= 15 is 0 Å². The number of furan rings is 1. The van der Waals surface area contributed by atoms with Crippen LogP contribution in [-0.4, -0.2) is 22.2 Å². The average molecular weight is 333 g/mol. The minimum atomic E-state index is -1.04. The molecule has 0 radical (unpaired) electrons. The molecule has 2 aromatic rings. The molecule has 0 aliphatic rings. The number of amides is 1. The maximum absolute atomic E-state index is 12.1. The van der Waals surface area contributed by atoms with Gasteiger partial charge in [-0.25, -0.2) is 4.79 Å². The lowest BCUT2D eigenvalue weighted by Crippen LogP contribution is -2.22. The van der Waals surface area contributed by atoms with E-state index in [0.29, 0.717) is 22.3 Å². The number of rotatable bonds is 6. The van der Waals surface area contributed by atoms with Crippen LogP contribution in [0, 0.1) is 6.92 Å². The van der Waals surface area contributed by atoms with Crippen LogP contribution in [0.4, 0.5) is 0 Å². The highest BCUT2D eigenvalue weighted by atomic mass is 32.2. The van der Waals surface area contributed by atoms with Crippen LogP contribution in [0.3, 0.4) is 0 Å². The summed E-state index contributed by atoms with van der Waals surface area (Å²) in [5, 5.41) is 12.2. The fourth-order valence-electron chi connectivity index (χ4n) is 2.07. The number of hydrogen-bond acceptors (Lipinski definition) is 4. The predicted octanol–water partition coefficient (Wildman–Crippen LogP) is 3.72. The van der Waals surface area contributed by atoms with E-state index in [1.165, 1.54) is 6.07 Å². The molecule has 23 heavy (non-hydrogen) atoms. The van der Waals surface area contributed by atoms with Gasteiger partial charge >= 0.3 is 5.97 Å². The van der Waals surface area contributed by atoms with Crippen LogP contribution in [0.1, 0.15) is 46.1 Å². The molecule has 0 bridgehead atoms. The minimum Gasteiger partial charge on any atom is -0.478 e. The van der Waals surface area contributed by atoms with E-state index in [0.717, 1.165) is 4.90 Å². The number of carbonyl (C=O) groups excluding carboxylic acids is 1. The van der Waals surface area contributed by atoms with Crippen LogP contribution >= 0.6 is 11.8 Å². The molecule has 0 unspecified atom stereocenters. The zero-order chi connectivity index (χ0) is 17.0. The van der Waals surface area contributed by atoms with Gasteiger partial charge < -0.3 is 14.8 Å². The zero-order valence-corrected chi connectivity index (χ0v) is 14.1. The largest absolute Gasteiger partial charge is 0.478 e. The molecule has 0 aliphatic heterocycles. The molecule has 5 nitrogen and oxygen atoms in total. The van der Waals surface area contributed by atoms with Gasteiger partial charge in [-0.1, -0.05) is 13.8 Å². The first-order chi connectivity index (χ1) is 10.9. The van der Waals surface area contributed by atoms with E-state index in [1.54, 1.807) is 30.8 Å². The van der Waals surface area contributed by atoms with Crippen LogP contribution in [0.5, 0.6) is 0 Å².